The number of nitrogens with one attached hydrogen (secondary N) is 1. The third-order valence-electron chi connectivity index (χ3n) is 2.90. The number of carbonyl (C=O) groups excluding carboxylic acids is 3. The van der Waals surface area contributed by atoms with Gasteiger partial charge in [-0.15, -0.1) is 11.3 Å². The van der Waals surface area contributed by atoms with Gasteiger partial charge in [-0.1, -0.05) is 11.6 Å². The van der Waals surface area contributed by atoms with Gasteiger partial charge in [0.05, 0.1) is 5.69 Å². The standard InChI is InChI=1S/C12H9ClN4O3S/c13-11-7(17-3-4-21-12(17)15-11)1-2-10(20)16-5-8(18)14-9(19)6-16/h1-4H,5-6H2,(H,14,18,19). The van der Waals surface area contributed by atoms with E-state index in [4.69, 9.17) is 11.6 Å². The van der Waals surface area contributed by atoms with Gasteiger partial charge < -0.3 is 4.90 Å². The number of halogens is 1. The number of carbonyl (C=O) groups is 3. The number of fused-ring (bicyclic) bond motifs is 1. The van der Waals surface area contributed by atoms with Gasteiger partial charge in [0, 0.05) is 17.7 Å². The maximum Gasteiger partial charge on any atom is 0.247 e. The fourth-order valence-corrected chi connectivity index (χ4v) is 2.98. The Kier molecular flexibility index (Phi) is 3.48. The summed E-state index contributed by atoms with van der Waals surface area (Å²) in [5.41, 5.74) is 0.578. The molecule has 1 saturated heterocycles. The van der Waals surface area contributed by atoms with E-state index in [0.29, 0.717) is 10.8 Å². The van der Waals surface area contributed by atoms with Gasteiger partial charge in [0.1, 0.15) is 13.1 Å². The summed E-state index contributed by atoms with van der Waals surface area (Å²) in [5.74, 6) is -1.41. The fourth-order valence-electron chi connectivity index (χ4n) is 1.97. The van der Waals surface area contributed by atoms with E-state index < -0.39 is 17.7 Å². The van der Waals surface area contributed by atoms with Gasteiger partial charge in [-0.3, -0.25) is 24.1 Å². The van der Waals surface area contributed by atoms with Gasteiger partial charge in [-0.25, -0.2) is 4.98 Å². The number of nitrogens with zero attached hydrogens (tertiary/aromatic N) is 3. The zero-order chi connectivity index (χ0) is 15.0. The quantitative estimate of drug-likeness (QED) is 0.646. The highest BCUT2D eigenvalue weighted by Crippen LogP contribution is 2.22. The Morgan fingerprint density at radius 2 is 2.10 bits per heavy atom. The summed E-state index contributed by atoms with van der Waals surface area (Å²) in [7, 11) is 0. The minimum Gasteiger partial charge on any atom is -0.321 e. The molecule has 3 amide bonds. The van der Waals surface area contributed by atoms with E-state index in [9.17, 15) is 14.4 Å². The molecule has 3 rings (SSSR count). The van der Waals surface area contributed by atoms with E-state index in [1.165, 1.54) is 23.5 Å². The minimum atomic E-state index is -0.490. The lowest BCUT2D eigenvalue weighted by molar-refractivity contribution is -0.143. The highest BCUT2D eigenvalue weighted by molar-refractivity contribution is 7.15. The van der Waals surface area contributed by atoms with Crippen molar-refractivity contribution in [3.8, 4) is 0 Å². The third-order valence-corrected chi connectivity index (χ3v) is 3.93. The van der Waals surface area contributed by atoms with Gasteiger partial charge >= 0.3 is 0 Å². The molecule has 1 aliphatic heterocycles. The number of imidazole rings is 1. The topological polar surface area (TPSA) is 83.8 Å². The van der Waals surface area contributed by atoms with Gasteiger partial charge in [-0.2, -0.15) is 0 Å². The van der Waals surface area contributed by atoms with Crippen molar-refractivity contribution in [3.05, 3.63) is 28.5 Å². The molecule has 2 aromatic heterocycles. The molecule has 7 nitrogen and oxygen atoms in total. The van der Waals surface area contributed by atoms with Crippen LogP contribution in [0.5, 0.6) is 0 Å². The summed E-state index contributed by atoms with van der Waals surface area (Å²) in [6, 6.07) is 0. The van der Waals surface area contributed by atoms with E-state index in [0.717, 1.165) is 9.86 Å². The van der Waals surface area contributed by atoms with E-state index in [1.807, 2.05) is 5.38 Å². The largest absolute Gasteiger partial charge is 0.321 e. The molecule has 0 unspecified atom stereocenters. The second-order valence-electron chi connectivity index (χ2n) is 4.34. The van der Waals surface area contributed by atoms with Crippen LogP contribution in [0.4, 0.5) is 0 Å². The highest BCUT2D eigenvalue weighted by atomic mass is 35.5. The minimum absolute atomic E-state index is 0.136. The zero-order valence-corrected chi connectivity index (χ0v) is 12.1. The van der Waals surface area contributed by atoms with Crippen molar-refractivity contribution in [3.63, 3.8) is 0 Å². The molecule has 0 saturated carbocycles. The predicted molar refractivity (Wildman–Crippen MR) is 76.8 cm³/mol. The molecule has 108 valence electrons. The van der Waals surface area contributed by atoms with Crippen LogP contribution < -0.4 is 5.32 Å². The molecule has 1 aliphatic rings. The van der Waals surface area contributed by atoms with Crippen molar-refractivity contribution < 1.29 is 14.4 Å². The summed E-state index contributed by atoms with van der Waals surface area (Å²) >= 11 is 7.43. The number of hydrogen-bond acceptors (Lipinski definition) is 5. The average Bonchev–Trinajstić information content (AvgIpc) is 2.96. The van der Waals surface area contributed by atoms with Crippen LogP contribution in [0.1, 0.15) is 5.69 Å². The van der Waals surface area contributed by atoms with Crippen LogP contribution in [-0.2, 0) is 14.4 Å². The lowest BCUT2D eigenvalue weighted by Crippen LogP contribution is -2.52. The molecule has 1 N–H and O–H groups in total. The Hall–Kier alpha value is -2.19. The number of piperazine rings is 1. The second kappa shape index (κ2) is 5.30. The molecular formula is C12H9ClN4O3S. The first-order valence-electron chi connectivity index (χ1n) is 5.95. The number of aromatic nitrogens is 2. The molecule has 0 atom stereocenters. The monoisotopic (exact) mass is 324 g/mol. The smallest absolute Gasteiger partial charge is 0.247 e. The highest BCUT2D eigenvalue weighted by Gasteiger charge is 2.25. The SMILES string of the molecule is O=C1CN(C(=O)C=Cc2c(Cl)nc3sccn23)CC(=O)N1. The number of amides is 3. The van der Waals surface area contributed by atoms with Gasteiger partial charge in [-0.05, 0) is 6.08 Å². The maximum atomic E-state index is 12.0. The zero-order valence-electron chi connectivity index (χ0n) is 10.6. The Morgan fingerprint density at radius 1 is 1.38 bits per heavy atom. The molecule has 21 heavy (non-hydrogen) atoms. The molecule has 2 aromatic rings. The summed E-state index contributed by atoms with van der Waals surface area (Å²) in [6.07, 6.45) is 4.59. The first-order chi connectivity index (χ1) is 10.0. The Morgan fingerprint density at radius 3 is 2.81 bits per heavy atom. The first-order valence-corrected chi connectivity index (χ1v) is 7.21. The summed E-state index contributed by atoms with van der Waals surface area (Å²) in [4.78, 5) is 40.5. The van der Waals surface area contributed by atoms with Crippen LogP contribution in [-0.4, -0.2) is 45.1 Å². The van der Waals surface area contributed by atoms with Crippen LogP contribution in [0.15, 0.2) is 17.7 Å². The van der Waals surface area contributed by atoms with Crippen molar-refractivity contribution >= 4 is 51.7 Å². The Bertz CT molecular complexity index is 763. The van der Waals surface area contributed by atoms with Crippen molar-refractivity contribution in [2.24, 2.45) is 0 Å². The van der Waals surface area contributed by atoms with E-state index in [2.05, 4.69) is 10.3 Å². The number of hydrogen-bond donors (Lipinski definition) is 1. The molecule has 0 aliphatic carbocycles. The van der Waals surface area contributed by atoms with Crippen LogP contribution in [0.25, 0.3) is 11.0 Å². The summed E-state index contributed by atoms with van der Waals surface area (Å²) in [5, 5.41) is 4.28. The lowest BCUT2D eigenvalue weighted by Gasteiger charge is -2.24. The molecule has 0 radical (unpaired) electrons. The molecule has 0 bridgehead atoms. The van der Waals surface area contributed by atoms with Gasteiger partial charge in [0.15, 0.2) is 10.1 Å². The average molecular weight is 325 g/mol. The van der Waals surface area contributed by atoms with Gasteiger partial charge in [0.2, 0.25) is 17.7 Å². The summed E-state index contributed by atoms with van der Waals surface area (Å²) < 4.78 is 1.75. The van der Waals surface area contributed by atoms with Crippen LogP contribution in [0, 0.1) is 0 Å². The van der Waals surface area contributed by atoms with E-state index in [-0.39, 0.29) is 13.1 Å². The normalized spacial score (nSPS) is 16.0. The van der Waals surface area contributed by atoms with Gasteiger partial charge in [0.25, 0.3) is 0 Å². The van der Waals surface area contributed by atoms with Crippen LogP contribution in [0.3, 0.4) is 0 Å². The molecule has 3 heterocycles. The lowest BCUT2D eigenvalue weighted by atomic mass is 10.3. The van der Waals surface area contributed by atoms with Crippen molar-refractivity contribution in [2.75, 3.05) is 13.1 Å². The van der Waals surface area contributed by atoms with Crippen LogP contribution in [0.2, 0.25) is 5.15 Å². The van der Waals surface area contributed by atoms with E-state index in [1.54, 1.807) is 10.6 Å². The third kappa shape index (κ3) is 2.67. The molecule has 0 aromatic carbocycles. The molecular weight excluding hydrogens is 316 g/mol. The fraction of sp³-hybridized carbons (Fsp3) is 0.167. The van der Waals surface area contributed by atoms with Crippen molar-refractivity contribution in [1.82, 2.24) is 19.6 Å². The number of imide groups is 1. The molecule has 0 spiro atoms. The number of thiazole rings is 1. The Labute approximate surface area is 127 Å². The van der Waals surface area contributed by atoms with Crippen molar-refractivity contribution in [1.29, 1.82) is 0 Å². The van der Waals surface area contributed by atoms with Crippen molar-refractivity contribution in [2.45, 2.75) is 0 Å². The molecule has 1 fully saturated rings. The predicted octanol–water partition coefficient (Wildman–Crippen LogP) is 0.547. The summed E-state index contributed by atoms with van der Waals surface area (Å²) in [6.45, 7) is -0.272. The first kappa shape index (κ1) is 13.8. The second-order valence-corrected chi connectivity index (χ2v) is 5.57. The maximum absolute atomic E-state index is 12.0. The number of rotatable bonds is 2. The molecule has 9 heteroatoms. The van der Waals surface area contributed by atoms with Crippen LogP contribution >= 0.6 is 22.9 Å². The Balaban J connectivity index is 1.80. The van der Waals surface area contributed by atoms with E-state index >= 15 is 0 Å².